The van der Waals surface area contributed by atoms with Gasteiger partial charge in [0, 0.05) is 31.9 Å². The minimum atomic E-state index is -0.0500. The first-order valence-corrected chi connectivity index (χ1v) is 7.84. The van der Waals surface area contributed by atoms with Crippen LogP contribution in [0.2, 0.25) is 0 Å². The van der Waals surface area contributed by atoms with E-state index in [0.29, 0.717) is 5.92 Å². The van der Waals surface area contributed by atoms with Crippen molar-refractivity contribution in [2.24, 2.45) is 5.92 Å². The molecule has 0 unspecified atom stereocenters. The van der Waals surface area contributed by atoms with Crippen molar-refractivity contribution in [3.8, 4) is 0 Å². The lowest BCUT2D eigenvalue weighted by molar-refractivity contribution is 0.0465. The standard InChI is InChI=1S/C17H26N2O/c1-12-7-16(19(2)11-13-8-17(20)9-13)6-3-14(12)10-18-15-4-5-15/h3,6-7,13,15,17-18,20H,4-5,8-11H2,1-2H3. The number of aryl methyl sites for hydroxylation is 1. The number of benzene rings is 1. The number of aliphatic hydroxyl groups excluding tert-OH is 1. The number of rotatable bonds is 6. The van der Waals surface area contributed by atoms with Gasteiger partial charge in [0.1, 0.15) is 0 Å². The average Bonchev–Trinajstić information content (AvgIpc) is 3.19. The lowest BCUT2D eigenvalue weighted by Crippen LogP contribution is -2.37. The van der Waals surface area contributed by atoms with Gasteiger partial charge < -0.3 is 15.3 Å². The summed E-state index contributed by atoms with van der Waals surface area (Å²) in [6.45, 7) is 4.25. The second kappa shape index (κ2) is 5.74. The lowest BCUT2D eigenvalue weighted by atomic mass is 9.82. The third kappa shape index (κ3) is 3.33. The van der Waals surface area contributed by atoms with Crippen LogP contribution in [0.4, 0.5) is 5.69 Å². The van der Waals surface area contributed by atoms with E-state index in [1.165, 1.54) is 29.7 Å². The lowest BCUT2D eigenvalue weighted by Gasteiger charge is -2.35. The highest BCUT2D eigenvalue weighted by atomic mass is 16.3. The molecular formula is C17H26N2O. The molecule has 110 valence electrons. The van der Waals surface area contributed by atoms with E-state index in [1.807, 2.05) is 0 Å². The molecule has 0 saturated heterocycles. The molecule has 2 aliphatic rings. The predicted octanol–water partition coefficient (Wildman–Crippen LogP) is 2.45. The molecule has 3 nitrogen and oxygen atoms in total. The first kappa shape index (κ1) is 13.9. The van der Waals surface area contributed by atoms with Gasteiger partial charge in [0.15, 0.2) is 0 Å². The Bertz CT molecular complexity index is 464. The first-order chi connectivity index (χ1) is 9.61. The van der Waals surface area contributed by atoms with Crippen molar-refractivity contribution < 1.29 is 5.11 Å². The fourth-order valence-electron chi connectivity index (χ4n) is 3.00. The minimum Gasteiger partial charge on any atom is -0.393 e. The van der Waals surface area contributed by atoms with E-state index in [9.17, 15) is 5.11 Å². The molecule has 0 bridgehead atoms. The van der Waals surface area contributed by atoms with E-state index in [0.717, 1.165) is 32.0 Å². The number of hydrogen-bond acceptors (Lipinski definition) is 3. The molecule has 2 N–H and O–H groups in total. The summed E-state index contributed by atoms with van der Waals surface area (Å²) in [6.07, 6.45) is 4.56. The maximum atomic E-state index is 9.37. The third-order valence-electron chi connectivity index (χ3n) is 4.67. The minimum absolute atomic E-state index is 0.0500. The average molecular weight is 274 g/mol. The summed E-state index contributed by atoms with van der Waals surface area (Å²) >= 11 is 0. The molecule has 2 fully saturated rings. The van der Waals surface area contributed by atoms with Crippen molar-refractivity contribution in [1.82, 2.24) is 5.32 Å². The van der Waals surface area contributed by atoms with Gasteiger partial charge in [-0.1, -0.05) is 6.07 Å². The second-order valence-electron chi connectivity index (χ2n) is 6.64. The predicted molar refractivity (Wildman–Crippen MR) is 83.0 cm³/mol. The SMILES string of the molecule is Cc1cc(N(C)CC2CC(O)C2)ccc1CNC1CC1. The molecule has 0 amide bonds. The molecule has 20 heavy (non-hydrogen) atoms. The summed E-state index contributed by atoms with van der Waals surface area (Å²) in [5.74, 6) is 0.659. The molecule has 2 saturated carbocycles. The van der Waals surface area contributed by atoms with E-state index < -0.39 is 0 Å². The van der Waals surface area contributed by atoms with Crippen LogP contribution in [0.5, 0.6) is 0 Å². The Labute approximate surface area is 122 Å². The van der Waals surface area contributed by atoms with Gasteiger partial charge in [0.2, 0.25) is 0 Å². The Balaban J connectivity index is 1.56. The van der Waals surface area contributed by atoms with Crippen LogP contribution in [0.3, 0.4) is 0 Å². The van der Waals surface area contributed by atoms with Gasteiger partial charge in [-0.25, -0.2) is 0 Å². The summed E-state index contributed by atoms with van der Waals surface area (Å²) in [6, 6.07) is 7.54. The zero-order valence-electron chi connectivity index (χ0n) is 12.6. The molecule has 2 aliphatic carbocycles. The maximum absolute atomic E-state index is 9.37. The van der Waals surface area contributed by atoms with Crippen molar-refractivity contribution in [3.05, 3.63) is 29.3 Å². The number of anilines is 1. The number of nitrogens with one attached hydrogen (secondary N) is 1. The van der Waals surface area contributed by atoms with E-state index in [-0.39, 0.29) is 6.10 Å². The second-order valence-corrected chi connectivity index (χ2v) is 6.64. The zero-order chi connectivity index (χ0) is 14.1. The van der Waals surface area contributed by atoms with Crippen molar-refractivity contribution in [2.75, 3.05) is 18.5 Å². The van der Waals surface area contributed by atoms with Gasteiger partial charge in [-0.05, 0) is 61.8 Å². The summed E-state index contributed by atoms with van der Waals surface area (Å²) in [4.78, 5) is 2.32. The molecule has 3 heteroatoms. The van der Waals surface area contributed by atoms with Crippen molar-refractivity contribution in [1.29, 1.82) is 0 Å². The Morgan fingerprint density at radius 1 is 1.30 bits per heavy atom. The Kier molecular flexibility index (Phi) is 3.99. The Hall–Kier alpha value is -1.06. The van der Waals surface area contributed by atoms with Crippen LogP contribution in [0.15, 0.2) is 18.2 Å². The molecule has 0 radical (unpaired) electrons. The fraction of sp³-hybridized carbons (Fsp3) is 0.647. The summed E-state index contributed by atoms with van der Waals surface area (Å²) in [5.41, 5.74) is 4.07. The molecule has 0 heterocycles. The molecule has 0 spiro atoms. The van der Waals surface area contributed by atoms with Crippen LogP contribution >= 0.6 is 0 Å². The van der Waals surface area contributed by atoms with Crippen LogP contribution in [0, 0.1) is 12.8 Å². The van der Waals surface area contributed by atoms with Gasteiger partial charge in [-0.3, -0.25) is 0 Å². The molecule has 0 aliphatic heterocycles. The molecule has 0 atom stereocenters. The van der Waals surface area contributed by atoms with Crippen molar-refractivity contribution in [3.63, 3.8) is 0 Å². The Morgan fingerprint density at radius 3 is 2.65 bits per heavy atom. The highest BCUT2D eigenvalue weighted by molar-refractivity contribution is 5.50. The van der Waals surface area contributed by atoms with Gasteiger partial charge in [-0.15, -0.1) is 0 Å². The Morgan fingerprint density at radius 2 is 2.05 bits per heavy atom. The van der Waals surface area contributed by atoms with Gasteiger partial charge in [0.05, 0.1) is 6.10 Å². The number of aliphatic hydroxyl groups is 1. The van der Waals surface area contributed by atoms with Crippen molar-refractivity contribution in [2.45, 2.75) is 51.3 Å². The quantitative estimate of drug-likeness (QED) is 0.836. The van der Waals surface area contributed by atoms with E-state index in [1.54, 1.807) is 0 Å². The third-order valence-corrected chi connectivity index (χ3v) is 4.67. The van der Waals surface area contributed by atoms with Crippen molar-refractivity contribution >= 4 is 5.69 Å². The molecule has 1 aromatic rings. The van der Waals surface area contributed by atoms with E-state index in [4.69, 9.17) is 0 Å². The van der Waals surface area contributed by atoms with Crippen LogP contribution < -0.4 is 10.2 Å². The largest absolute Gasteiger partial charge is 0.393 e. The number of hydrogen-bond donors (Lipinski definition) is 2. The van der Waals surface area contributed by atoms with Gasteiger partial charge >= 0.3 is 0 Å². The topological polar surface area (TPSA) is 35.5 Å². The maximum Gasteiger partial charge on any atom is 0.0546 e. The molecule has 3 rings (SSSR count). The highest BCUT2D eigenvalue weighted by Gasteiger charge is 2.28. The van der Waals surface area contributed by atoms with Crippen LogP contribution in [0.25, 0.3) is 0 Å². The van der Waals surface area contributed by atoms with E-state index >= 15 is 0 Å². The van der Waals surface area contributed by atoms with Crippen LogP contribution in [0.1, 0.15) is 36.8 Å². The fourth-order valence-corrected chi connectivity index (χ4v) is 3.00. The molecular weight excluding hydrogens is 248 g/mol. The zero-order valence-corrected chi connectivity index (χ0v) is 12.6. The molecule has 0 aromatic heterocycles. The van der Waals surface area contributed by atoms with Gasteiger partial charge in [0.25, 0.3) is 0 Å². The first-order valence-electron chi connectivity index (χ1n) is 7.84. The monoisotopic (exact) mass is 274 g/mol. The summed E-state index contributed by atoms with van der Waals surface area (Å²) in [5, 5.41) is 12.9. The van der Waals surface area contributed by atoms with Crippen LogP contribution in [-0.2, 0) is 6.54 Å². The number of nitrogens with zero attached hydrogens (tertiary/aromatic N) is 1. The van der Waals surface area contributed by atoms with Crippen LogP contribution in [-0.4, -0.2) is 30.8 Å². The van der Waals surface area contributed by atoms with E-state index in [2.05, 4.69) is 42.4 Å². The smallest absolute Gasteiger partial charge is 0.0546 e. The summed E-state index contributed by atoms with van der Waals surface area (Å²) < 4.78 is 0. The van der Waals surface area contributed by atoms with Gasteiger partial charge in [-0.2, -0.15) is 0 Å². The highest BCUT2D eigenvalue weighted by Crippen LogP contribution is 2.29. The summed E-state index contributed by atoms with van der Waals surface area (Å²) in [7, 11) is 2.15. The normalized spacial score (nSPS) is 25.4. The molecule has 1 aromatic carbocycles.